The van der Waals surface area contributed by atoms with E-state index in [1.54, 1.807) is 37.3 Å². The second-order valence-electron chi connectivity index (χ2n) is 7.58. The molecule has 0 saturated heterocycles. The largest absolute Gasteiger partial charge is 0.493 e. The molecule has 2 aromatic carbocycles. The lowest BCUT2D eigenvalue weighted by atomic mass is 10.1. The standard InChI is InChI=1S/C24H27N3O7/c1-12(25)23(29)26-13(2)24(30)27-15-8-6-7-14(9-15)17-10-16(28)20-18(34-17)11-19(31-3)21(32-4)22(20)33-5/h6-13H,25H2,1-5H3,(H,26,29)(H,27,30)/t12-,13-/m0/s1. The molecule has 0 aliphatic carbocycles. The van der Waals surface area contributed by atoms with Crippen molar-refractivity contribution in [3.63, 3.8) is 0 Å². The van der Waals surface area contributed by atoms with Gasteiger partial charge in [-0.05, 0) is 26.0 Å². The highest BCUT2D eigenvalue weighted by Crippen LogP contribution is 2.42. The molecule has 0 saturated carbocycles. The Morgan fingerprint density at radius 1 is 0.971 bits per heavy atom. The predicted molar refractivity (Wildman–Crippen MR) is 127 cm³/mol. The molecule has 3 rings (SSSR count). The summed E-state index contributed by atoms with van der Waals surface area (Å²) in [6, 6.07) is 8.13. The molecule has 1 heterocycles. The number of amides is 2. The highest BCUT2D eigenvalue weighted by atomic mass is 16.5. The van der Waals surface area contributed by atoms with Gasteiger partial charge in [0, 0.05) is 23.4 Å². The Hall–Kier alpha value is -4.05. The van der Waals surface area contributed by atoms with Gasteiger partial charge in [-0.3, -0.25) is 14.4 Å². The van der Waals surface area contributed by atoms with Gasteiger partial charge in [0.1, 0.15) is 22.8 Å². The number of nitrogens with one attached hydrogen (secondary N) is 2. The van der Waals surface area contributed by atoms with Crippen LogP contribution >= 0.6 is 0 Å². The van der Waals surface area contributed by atoms with Crippen molar-refractivity contribution in [2.75, 3.05) is 26.6 Å². The number of anilines is 1. The van der Waals surface area contributed by atoms with E-state index in [0.29, 0.717) is 17.0 Å². The second kappa shape index (κ2) is 10.3. The fourth-order valence-corrected chi connectivity index (χ4v) is 3.34. The zero-order valence-electron chi connectivity index (χ0n) is 19.6. The SMILES string of the molecule is COc1cc2oc(-c3cccc(NC(=O)[C@H](C)NC(=O)[C@H](C)N)c3)cc(=O)c2c(OC)c1OC. The third-order valence-corrected chi connectivity index (χ3v) is 5.10. The Labute approximate surface area is 196 Å². The minimum Gasteiger partial charge on any atom is -0.493 e. The van der Waals surface area contributed by atoms with Crippen LogP contribution in [0.2, 0.25) is 0 Å². The number of fused-ring (bicyclic) bond motifs is 1. The quantitative estimate of drug-likeness (QED) is 0.456. The summed E-state index contributed by atoms with van der Waals surface area (Å²) in [5.41, 5.74) is 6.44. The molecule has 0 spiro atoms. The minimum atomic E-state index is -0.796. The van der Waals surface area contributed by atoms with Crippen LogP contribution in [0.3, 0.4) is 0 Å². The summed E-state index contributed by atoms with van der Waals surface area (Å²) in [5, 5.41) is 5.48. The average Bonchev–Trinajstić information content (AvgIpc) is 2.82. The fraction of sp³-hybridized carbons (Fsp3) is 0.292. The van der Waals surface area contributed by atoms with Crippen molar-refractivity contribution in [2.45, 2.75) is 25.9 Å². The lowest BCUT2D eigenvalue weighted by Gasteiger charge is -2.16. The highest BCUT2D eigenvalue weighted by Gasteiger charge is 2.21. The number of carbonyl (C=O) groups is 2. The number of carbonyl (C=O) groups excluding carboxylic acids is 2. The molecule has 10 nitrogen and oxygen atoms in total. The highest BCUT2D eigenvalue weighted by molar-refractivity contribution is 5.98. The van der Waals surface area contributed by atoms with Crippen LogP contribution in [-0.2, 0) is 9.59 Å². The molecule has 1 aromatic heterocycles. The summed E-state index contributed by atoms with van der Waals surface area (Å²) >= 11 is 0. The number of ether oxygens (including phenoxy) is 3. The number of nitrogens with two attached hydrogens (primary N) is 1. The van der Waals surface area contributed by atoms with Crippen molar-refractivity contribution in [3.05, 3.63) is 46.6 Å². The van der Waals surface area contributed by atoms with Gasteiger partial charge >= 0.3 is 0 Å². The molecule has 180 valence electrons. The van der Waals surface area contributed by atoms with Gasteiger partial charge in [-0.25, -0.2) is 0 Å². The van der Waals surface area contributed by atoms with Crippen molar-refractivity contribution in [3.8, 4) is 28.6 Å². The van der Waals surface area contributed by atoms with Crippen LogP contribution in [0.15, 0.2) is 45.6 Å². The van der Waals surface area contributed by atoms with Gasteiger partial charge in [-0.15, -0.1) is 0 Å². The Morgan fingerprint density at radius 2 is 1.68 bits per heavy atom. The fourth-order valence-electron chi connectivity index (χ4n) is 3.34. The first-order valence-electron chi connectivity index (χ1n) is 10.4. The molecule has 0 aliphatic rings. The van der Waals surface area contributed by atoms with Gasteiger partial charge in [0.2, 0.25) is 17.6 Å². The number of hydrogen-bond donors (Lipinski definition) is 3. The Bertz CT molecular complexity index is 1280. The smallest absolute Gasteiger partial charge is 0.246 e. The molecule has 10 heteroatoms. The van der Waals surface area contributed by atoms with E-state index in [2.05, 4.69) is 10.6 Å². The topological polar surface area (TPSA) is 142 Å². The molecule has 2 amide bonds. The Balaban J connectivity index is 1.97. The van der Waals surface area contributed by atoms with Gasteiger partial charge in [0.05, 0.1) is 27.4 Å². The van der Waals surface area contributed by atoms with E-state index in [4.69, 9.17) is 24.4 Å². The predicted octanol–water partition coefficient (Wildman–Crippen LogP) is 2.28. The van der Waals surface area contributed by atoms with E-state index < -0.39 is 23.9 Å². The van der Waals surface area contributed by atoms with Crippen LogP contribution in [0, 0.1) is 0 Å². The number of benzene rings is 2. The molecule has 0 fully saturated rings. The van der Waals surface area contributed by atoms with Crippen LogP contribution in [0.4, 0.5) is 5.69 Å². The Morgan fingerprint density at radius 3 is 2.29 bits per heavy atom. The van der Waals surface area contributed by atoms with E-state index in [-0.39, 0.29) is 33.7 Å². The van der Waals surface area contributed by atoms with E-state index >= 15 is 0 Å². The van der Waals surface area contributed by atoms with Gasteiger partial charge in [-0.1, -0.05) is 12.1 Å². The zero-order valence-corrected chi connectivity index (χ0v) is 19.6. The molecule has 4 N–H and O–H groups in total. The summed E-state index contributed by atoms with van der Waals surface area (Å²) in [6.45, 7) is 3.08. The number of rotatable bonds is 8. The first kappa shape index (κ1) is 24.6. The van der Waals surface area contributed by atoms with Crippen LogP contribution < -0.4 is 36.0 Å². The molecular formula is C24H27N3O7. The summed E-state index contributed by atoms with van der Waals surface area (Å²) < 4.78 is 22.1. The van der Waals surface area contributed by atoms with Crippen LogP contribution in [-0.4, -0.2) is 45.2 Å². The van der Waals surface area contributed by atoms with E-state index in [9.17, 15) is 14.4 Å². The van der Waals surface area contributed by atoms with Crippen molar-refractivity contribution < 1.29 is 28.2 Å². The third kappa shape index (κ3) is 4.96. The zero-order chi connectivity index (χ0) is 25.0. The van der Waals surface area contributed by atoms with Crippen LogP contribution in [0.25, 0.3) is 22.3 Å². The first-order valence-corrected chi connectivity index (χ1v) is 10.4. The maximum atomic E-state index is 13.0. The summed E-state index contributed by atoms with van der Waals surface area (Å²) in [5.74, 6) is 0.259. The van der Waals surface area contributed by atoms with Crippen molar-refractivity contribution >= 4 is 28.5 Å². The molecular weight excluding hydrogens is 442 g/mol. The number of methoxy groups -OCH3 is 3. The molecule has 2 atom stereocenters. The second-order valence-corrected chi connectivity index (χ2v) is 7.58. The minimum absolute atomic E-state index is 0.209. The maximum Gasteiger partial charge on any atom is 0.246 e. The molecule has 0 unspecified atom stereocenters. The van der Waals surface area contributed by atoms with E-state index in [0.717, 1.165) is 0 Å². The summed E-state index contributed by atoms with van der Waals surface area (Å²) in [4.78, 5) is 37.2. The molecule has 0 bridgehead atoms. The summed E-state index contributed by atoms with van der Waals surface area (Å²) in [7, 11) is 4.34. The molecule has 34 heavy (non-hydrogen) atoms. The van der Waals surface area contributed by atoms with Crippen LogP contribution in [0.5, 0.6) is 17.2 Å². The van der Waals surface area contributed by atoms with Gasteiger partial charge in [0.25, 0.3) is 0 Å². The monoisotopic (exact) mass is 469 g/mol. The van der Waals surface area contributed by atoms with E-state index in [1.807, 2.05) is 0 Å². The van der Waals surface area contributed by atoms with Crippen molar-refractivity contribution in [2.24, 2.45) is 5.73 Å². The molecule has 0 aliphatic heterocycles. The number of hydrogen-bond acceptors (Lipinski definition) is 8. The average molecular weight is 469 g/mol. The van der Waals surface area contributed by atoms with Gasteiger partial charge in [-0.2, -0.15) is 0 Å². The lowest BCUT2D eigenvalue weighted by Crippen LogP contribution is -2.47. The Kier molecular flexibility index (Phi) is 7.42. The van der Waals surface area contributed by atoms with E-state index in [1.165, 1.54) is 34.3 Å². The van der Waals surface area contributed by atoms with Gasteiger partial charge < -0.3 is 35.0 Å². The van der Waals surface area contributed by atoms with Crippen LogP contribution in [0.1, 0.15) is 13.8 Å². The van der Waals surface area contributed by atoms with Crippen molar-refractivity contribution in [1.29, 1.82) is 0 Å². The molecule has 0 radical (unpaired) electrons. The summed E-state index contributed by atoms with van der Waals surface area (Å²) in [6.07, 6.45) is 0. The normalized spacial score (nSPS) is 12.5. The first-order chi connectivity index (χ1) is 16.2. The lowest BCUT2D eigenvalue weighted by molar-refractivity contribution is -0.126. The maximum absolute atomic E-state index is 13.0. The third-order valence-electron chi connectivity index (χ3n) is 5.10. The molecule has 3 aromatic rings. The van der Waals surface area contributed by atoms with Crippen molar-refractivity contribution in [1.82, 2.24) is 5.32 Å². The van der Waals surface area contributed by atoms with Gasteiger partial charge in [0.15, 0.2) is 16.9 Å².